The van der Waals surface area contributed by atoms with Crippen molar-refractivity contribution in [1.29, 1.82) is 0 Å². The predicted octanol–water partition coefficient (Wildman–Crippen LogP) is 1.98. The van der Waals surface area contributed by atoms with E-state index in [-0.39, 0.29) is 0 Å². The average molecular weight is 189 g/mol. The summed E-state index contributed by atoms with van der Waals surface area (Å²) in [6.07, 6.45) is 4.36. The van der Waals surface area contributed by atoms with Gasteiger partial charge in [0.25, 0.3) is 5.17 Å². The highest BCUT2D eigenvalue weighted by atomic mass is 35.5. The molecule has 0 aromatic heterocycles. The van der Waals surface area contributed by atoms with Crippen LogP contribution in [0.15, 0.2) is 11.8 Å². The molecule has 1 fully saturated rings. The minimum Gasteiger partial charge on any atom is -0.501 e. The van der Waals surface area contributed by atoms with E-state index in [2.05, 4.69) is 4.58 Å². The second kappa shape index (κ2) is 4.51. The summed E-state index contributed by atoms with van der Waals surface area (Å²) in [5, 5.41) is 0.798. The van der Waals surface area contributed by atoms with Crippen LogP contribution in [0.3, 0.4) is 0 Å². The van der Waals surface area contributed by atoms with Gasteiger partial charge in [-0.25, -0.2) is 4.58 Å². The maximum Gasteiger partial charge on any atom is 0.272 e. The summed E-state index contributed by atoms with van der Waals surface area (Å²) in [4.78, 5) is 0. The smallest absolute Gasteiger partial charge is 0.272 e. The molecule has 1 saturated heterocycles. The van der Waals surface area contributed by atoms with E-state index in [4.69, 9.17) is 16.3 Å². The third-order valence-electron chi connectivity index (χ3n) is 2.05. The van der Waals surface area contributed by atoms with Crippen molar-refractivity contribution in [3.63, 3.8) is 0 Å². The molecule has 0 bridgehead atoms. The first kappa shape index (κ1) is 9.59. The van der Waals surface area contributed by atoms with E-state index >= 15 is 0 Å². The molecule has 0 unspecified atom stereocenters. The highest BCUT2D eigenvalue weighted by molar-refractivity contribution is 6.66. The van der Waals surface area contributed by atoms with Crippen LogP contribution in [-0.2, 0) is 4.74 Å². The van der Waals surface area contributed by atoms with Crippen LogP contribution >= 0.6 is 11.6 Å². The number of allylic oxidation sites excluding steroid dienone is 2. The molecule has 0 aliphatic carbocycles. The summed E-state index contributed by atoms with van der Waals surface area (Å²) < 4.78 is 7.18. The lowest BCUT2D eigenvalue weighted by Crippen LogP contribution is -2.12. The molecule has 12 heavy (non-hydrogen) atoms. The average Bonchev–Trinajstić information content (AvgIpc) is 2.56. The standard InChI is InChI=1S/C9H15ClNO/c1-8(12-2)7-9(10)11-5-3-4-6-11/h7H,3-6H2,1-2H3/q+1/b8-7-. The summed E-state index contributed by atoms with van der Waals surface area (Å²) >= 11 is 6.05. The van der Waals surface area contributed by atoms with Gasteiger partial charge in [-0.05, 0) is 18.5 Å². The molecule has 0 spiro atoms. The number of hydrogen-bond donors (Lipinski definition) is 0. The molecule has 1 rings (SSSR count). The summed E-state index contributed by atoms with van der Waals surface area (Å²) in [6, 6.07) is 0. The molecule has 3 heteroatoms. The number of rotatable bonds is 2. The van der Waals surface area contributed by atoms with Crippen molar-refractivity contribution >= 4 is 16.8 Å². The highest BCUT2D eigenvalue weighted by Gasteiger charge is 2.16. The van der Waals surface area contributed by atoms with Crippen LogP contribution in [0.4, 0.5) is 0 Å². The van der Waals surface area contributed by atoms with E-state index in [0.29, 0.717) is 0 Å². The molecule has 68 valence electrons. The van der Waals surface area contributed by atoms with Gasteiger partial charge in [0.15, 0.2) is 0 Å². The van der Waals surface area contributed by atoms with Crippen molar-refractivity contribution in [2.75, 3.05) is 20.2 Å². The van der Waals surface area contributed by atoms with E-state index in [0.717, 1.165) is 24.0 Å². The molecule has 0 aromatic rings. The van der Waals surface area contributed by atoms with Crippen LogP contribution in [0.25, 0.3) is 0 Å². The Balaban J connectivity index is 2.67. The van der Waals surface area contributed by atoms with Gasteiger partial charge >= 0.3 is 0 Å². The first-order valence-corrected chi connectivity index (χ1v) is 4.61. The van der Waals surface area contributed by atoms with Gasteiger partial charge in [-0.1, -0.05) is 0 Å². The van der Waals surface area contributed by atoms with E-state index in [9.17, 15) is 0 Å². The van der Waals surface area contributed by atoms with Crippen LogP contribution < -0.4 is 0 Å². The molecule has 1 heterocycles. The van der Waals surface area contributed by atoms with E-state index in [1.807, 2.05) is 13.0 Å². The molecule has 1 aliphatic rings. The van der Waals surface area contributed by atoms with Crippen molar-refractivity contribution in [3.05, 3.63) is 11.8 Å². The van der Waals surface area contributed by atoms with Gasteiger partial charge < -0.3 is 4.74 Å². The van der Waals surface area contributed by atoms with Crippen LogP contribution in [0, 0.1) is 0 Å². The fourth-order valence-corrected chi connectivity index (χ4v) is 1.57. The molecule has 0 N–H and O–H groups in total. The Hall–Kier alpha value is -0.500. The van der Waals surface area contributed by atoms with Crippen LogP contribution in [0.1, 0.15) is 19.8 Å². The van der Waals surface area contributed by atoms with Gasteiger partial charge in [0.05, 0.1) is 13.2 Å². The molecular formula is C9H15ClNO+. The van der Waals surface area contributed by atoms with Crippen molar-refractivity contribution in [3.8, 4) is 0 Å². The molecule has 0 atom stereocenters. The highest BCUT2D eigenvalue weighted by Crippen LogP contribution is 2.05. The summed E-state index contributed by atoms with van der Waals surface area (Å²) in [7, 11) is 1.65. The lowest BCUT2D eigenvalue weighted by molar-refractivity contribution is -0.503. The van der Waals surface area contributed by atoms with Crippen molar-refractivity contribution in [2.45, 2.75) is 19.8 Å². The number of methoxy groups -OCH3 is 1. The Morgan fingerprint density at radius 3 is 2.50 bits per heavy atom. The SMILES string of the molecule is CO/C(C)=C\C(Cl)=[N+]1CCCC1. The minimum absolute atomic E-state index is 0.798. The first-order chi connectivity index (χ1) is 5.74. The van der Waals surface area contributed by atoms with Gasteiger partial charge in [-0.3, -0.25) is 0 Å². The number of nitrogens with zero attached hydrogens (tertiary/aromatic N) is 1. The third kappa shape index (κ3) is 2.52. The van der Waals surface area contributed by atoms with Crippen molar-refractivity contribution in [2.24, 2.45) is 0 Å². The zero-order valence-corrected chi connectivity index (χ0v) is 8.40. The topological polar surface area (TPSA) is 12.2 Å². The Kier molecular flexibility index (Phi) is 3.60. The van der Waals surface area contributed by atoms with Crippen LogP contribution in [0.2, 0.25) is 0 Å². The lowest BCUT2D eigenvalue weighted by Gasteiger charge is -1.97. The molecule has 1 aliphatic heterocycles. The first-order valence-electron chi connectivity index (χ1n) is 4.23. The maximum absolute atomic E-state index is 6.05. The summed E-state index contributed by atoms with van der Waals surface area (Å²) in [6.45, 7) is 4.05. The Labute approximate surface area is 78.5 Å². The monoisotopic (exact) mass is 188 g/mol. The number of ether oxygens (including phenoxy) is 1. The Morgan fingerprint density at radius 2 is 2.00 bits per heavy atom. The van der Waals surface area contributed by atoms with E-state index < -0.39 is 0 Å². The molecular weight excluding hydrogens is 174 g/mol. The molecule has 0 amide bonds. The second-order valence-corrected chi connectivity index (χ2v) is 3.36. The molecule has 2 nitrogen and oxygen atoms in total. The fraction of sp³-hybridized carbons (Fsp3) is 0.667. The van der Waals surface area contributed by atoms with Crippen LogP contribution in [0.5, 0.6) is 0 Å². The largest absolute Gasteiger partial charge is 0.501 e. The molecule has 0 aromatic carbocycles. The van der Waals surface area contributed by atoms with Crippen LogP contribution in [-0.4, -0.2) is 29.9 Å². The normalized spacial score (nSPS) is 18.2. The zero-order valence-electron chi connectivity index (χ0n) is 7.64. The Bertz CT molecular complexity index is 213. The number of hydrogen-bond acceptors (Lipinski definition) is 1. The molecule has 0 saturated carbocycles. The number of halogens is 1. The fourth-order valence-electron chi connectivity index (χ4n) is 1.25. The second-order valence-electron chi connectivity index (χ2n) is 2.98. The quantitative estimate of drug-likeness (QED) is 0.477. The Morgan fingerprint density at radius 1 is 1.42 bits per heavy atom. The van der Waals surface area contributed by atoms with Crippen molar-refractivity contribution in [1.82, 2.24) is 0 Å². The lowest BCUT2D eigenvalue weighted by atomic mass is 10.4. The van der Waals surface area contributed by atoms with Gasteiger partial charge in [0.2, 0.25) is 0 Å². The van der Waals surface area contributed by atoms with Gasteiger partial charge in [-0.15, -0.1) is 0 Å². The molecule has 0 radical (unpaired) electrons. The summed E-state index contributed by atoms with van der Waals surface area (Å²) in [5.41, 5.74) is 0. The predicted molar refractivity (Wildman–Crippen MR) is 50.9 cm³/mol. The summed E-state index contributed by atoms with van der Waals surface area (Å²) in [5.74, 6) is 0.854. The minimum atomic E-state index is 0.798. The zero-order chi connectivity index (χ0) is 8.97. The van der Waals surface area contributed by atoms with Crippen molar-refractivity contribution < 1.29 is 9.31 Å². The van der Waals surface area contributed by atoms with E-state index in [1.165, 1.54) is 12.8 Å². The maximum atomic E-state index is 6.05. The van der Waals surface area contributed by atoms with Gasteiger partial charge in [0.1, 0.15) is 18.8 Å². The third-order valence-corrected chi connectivity index (χ3v) is 2.40. The van der Waals surface area contributed by atoms with E-state index in [1.54, 1.807) is 7.11 Å². The van der Waals surface area contributed by atoms with Gasteiger partial charge in [0, 0.05) is 12.8 Å². The van der Waals surface area contributed by atoms with Gasteiger partial charge in [-0.2, -0.15) is 0 Å².